The molecular weight excluding hydrogens is 264 g/mol. The predicted molar refractivity (Wildman–Crippen MR) is 74.3 cm³/mol. The Kier molecular flexibility index (Phi) is 4.13. The number of hydrogen-bond acceptors (Lipinski definition) is 4. The average Bonchev–Trinajstić information content (AvgIpc) is 2.85. The van der Waals surface area contributed by atoms with Gasteiger partial charge in [0.05, 0.1) is 11.5 Å². The molecule has 6 heteroatoms. The van der Waals surface area contributed by atoms with Gasteiger partial charge >= 0.3 is 0 Å². The number of ether oxygens (including phenoxy) is 1. The van der Waals surface area contributed by atoms with Crippen LogP contribution in [0.1, 0.15) is 18.9 Å². The van der Waals surface area contributed by atoms with Gasteiger partial charge in [-0.2, -0.15) is 0 Å². The van der Waals surface area contributed by atoms with Crippen LogP contribution >= 0.6 is 0 Å². The summed E-state index contributed by atoms with van der Waals surface area (Å²) in [5, 5.41) is 0. The molecule has 1 saturated heterocycles. The van der Waals surface area contributed by atoms with E-state index in [0.29, 0.717) is 18.9 Å². The molecule has 2 rings (SSSR count). The molecule has 1 aliphatic rings. The highest BCUT2D eigenvalue weighted by molar-refractivity contribution is 7.89. The van der Waals surface area contributed by atoms with E-state index in [-0.39, 0.29) is 16.9 Å². The summed E-state index contributed by atoms with van der Waals surface area (Å²) in [5.74, 6) is 0.234. The average molecular weight is 284 g/mol. The van der Waals surface area contributed by atoms with E-state index in [1.54, 1.807) is 12.1 Å². The highest BCUT2D eigenvalue weighted by Gasteiger charge is 2.26. The third kappa shape index (κ3) is 3.26. The summed E-state index contributed by atoms with van der Waals surface area (Å²) in [6.07, 6.45) is 0.889. The molecule has 3 N–H and O–H groups in total. The van der Waals surface area contributed by atoms with Crippen molar-refractivity contribution >= 4 is 15.7 Å². The van der Waals surface area contributed by atoms with Gasteiger partial charge in [0.1, 0.15) is 0 Å². The van der Waals surface area contributed by atoms with E-state index in [1.165, 1.54) is 6.07 Å². The minimum absolute atomic E-state index is 0.143. The predicted octanol–water partition coefficient (Wildman–Crippen LogP) is 1.28. The first-order valence-corrected chi connectivity index (χ1v) is 7.84. The minimum atomic E-state index is -3.52. The maximum absolute atomic E-state index is 12.3. The standard InChI is InChI=1S/C13H20N2O3S/c1-9-3-4-12(7-13(9)14)19(16,17)15-10(2)11-5-6-18-8-11/h3-4,7,10-11,15H,5-6,8,14H2,1-2H3. The lowest BCUT2D eigenvalue weighted by atomic mass is 10.0. The first kappa shape index (κ1) is 14.3. The van der Waals surface area contributed by atoms with E-state index >= 15 is 0 Å². The van der Waals surface area contributed by atoms with Crippen molar-refractivity contribution in [2.24, 2.45) is 5.92 Å². The van der Waals surface area contributed by atoms with Crippen molar-refractivity contribution in [1.29, 1.82) is 0 Å². The molecule has 1 aromatic rings. The Hall–Kier alpha value is -1.11. The topological polar surface area (TPSA) is 81.4 Å². The largest absolute Gasteiger partial charge is 0.398 e. The van der Waals surface area contributed by atoms with Crippen molar-refractivity contribution in [2.75, 3.05) is 18.9 Å². The summed E-state index contributed by atoms with van der Waals surface area (Å²) >= 11 is 0. The van der Waals surface area contributed by atoms with E-state index in [0.717, 1.165) is 12.0 Å². The molecule has 0 radical (unpaired) electrons. The van der Waals surface area contributed by atoms with Gasteiger partial charge in [-0.1, -0.05) is 6.07 Å². The van der Waals surface area contributed by atoms with Crippen LogP contribution in [-0.4, -0.2) is 27.7 Å². The zero-order valence-electron chi connectivity index (χ0n) is 11.2. The zero-order valence-corrected chi connectivity index (χ0v) is 12.0. The summed E-state index contributed by atoms with van der Waals surface area (Å²) in [5.41, 5.74) is 7.12. The maximum atomic E-state index is 12.3. The van der Waals surface area contributed by atoms with Crippen LogP contribution in [0.2, 0.25) is 0 Å². The van der Waals surface area contributed by atoms with Gasteiger partial charge in [0, 0.05) is 24.3 Å². The summed E-state index contributed by atoms with van der Waals surface area (Å²) in [7, 11) is -3.52. The highest BCUT2D eigenvalue weighted by atomic mass is 32.2. The molecule has 2 atom stereocenters. The summed E-state index contributed by atoms with van der Waals surface area (Å²) < 4.78 is 32.5. The lowest BCUT2D eigenvalue weighted by molar-refractivity contribution is 0.180. The second-order valence-electron chi connectivity index (χ2n) is 5.05. The highest BCUT2D eigenvalue weighted by Crippen LogP contribution is 2.20. The second kappa shape index (κ2) is 5.48. The molecule has 1 aromatic carbocycles. The molecule has 106 valence electrons. The number of nitrogens with two attached hydrogens (primary N) is 1. The van der Waals surface area contributed by atoms with Gasteiger partial charge in [-0.15, -0.1) is 0 Å². The van der Waals surface area contributed by atoms with E-state index in [2.05, 4.69) is 4.72 Å². The van der Waals surface area contributed by atoms with E-state index < -0.39 is 10.0 Å². The molecule has 2 unspecified atom stereocenters. The molecule has 0 spiro atoms. The van der Waals surface area contributed by atoms with Gasteiger partial charge < -0.3 is 10.5 Å². The molecule has 0 aliphatic carbocycles. The first-order valence-electron chi connectivity index (χ1n) is 6.36. The molecule has 0 saturated carbocycles. The van der Waals surface area contributed by atoms with Crippen LogP contribution in [0.25, 0.3) is 0 Å². The Morgan fingerprint density at radius 1 is 1.47 bits per heavy atom. The Labute approximate surface area is 114 Å². The summed E-state index contributed by atoms with van der Waals surface area (Å²) in [4.78, 5) is 0.210. The summed E-state index contributed by atoms with van der Waals surface area (Å²) in [6.45, 7) is 5.03. The van der Waals surface area contributed by atoms with Crippen molar-refractivity contribution in [3.05, 3.63) is 23.8 Å². The molecule has 5 nitrogen and oxygen atoms in total. The van der Waals surface area contributed by atoms with Crippen LogP contribution in [0.5, 0.6) is 0 Å². The number of hydrogen-bond donors (Lipinski definition) is 2. The van der Waals surface area contributed by atoms with E-state index in [1.807, 2.05) is 13.8 Å². The van der Waals surface area contributed by atoms with Gasteiger partial charge in [0.15, 0.2) is 0 Å². The number of anilines is 1. The Bertz CT molecular complexity index is 551. The maximum Gasteiger partial charge on any atom is 0.240 e. The first-order chi connectivity index (χ1) is 8.90. The molecule has 1 heterocycles. The van der Waals surface area contributed by atoms with Crippen LogP contribution in [0.4, 0.5) is 5.69 Å². The molecular formula is C13H20N2O3S. The molecule has 0 aromatic heterocycles. The normalized spacial score (nSPS) is 21.5. The van der Waals surface area contributed by atoms with E-state index in [9.17, 15) is 8.42 Å². The molecule has 19 heavy (non-hydrogen) atoms. The van der Waals surface area contributed by atoms with Crippen LogP contribution in [0.3, 0.4) is 0 Å². The fourth-order valence-electron chi connectivity index (χ4n) is 2.14. The van der Waals surface area contributed by atoms with Gasteiger partial charge in [-0.05, 0) is 38.0 Å². The van der Waals surface area contributed by atoms with E-state index in [4.69, 9.17) is 10.5 Å². The minimum Gasteiger partial charge on any atom is -0.398 e. The monoisotopic (exact) mass is 284 g/mol. The SMILES string of the molecule is Cc1ccc(S(=O)(=O)NC(C)C2CCOC2)cc1N. The smallest absolute Gasteiger partial charge is 0.240 e. The van der Waals surface area contributed by atoms with Crippen molar-refractivity contribution in [3.63, 3.8) is 0 Å². The molecule has 1 aliphatic heterocycles. The molecule has 0 bridgehead atoms. The quantitative estimate of drug-likeness (QED) is 0.816. The number of rotatable bonds is 4. The number of aryl methyl sites for hydroxylation is 1. The number of nitrogen functional groups attached to an aromatic ring is 1. The van der Waals surface area contributed by atoms with Crippen molar-refractivity contribution < 1.29 is 13.2 Å². The zero-order chi connectivity index (χ0) is 14.0. The number of sulfonamides is 1. The lowest BCUT2D eigenvalue weighted by Crippen LogP contribution is -2.38. The number of nitrogens with one attached hydrogen (secondary N) is 1. The third-order valence-electron chi connectivity index (χ3n) is 3.57. The second-order valence-corrected chi connectivity index (χ2v) is 6.77. The lowest BCUT2D eigenvalue weighted by Gasteiger charge is -2.19. The van der Waals surface area contributed by atoms with Crippen LogP contribution in [0, 0.1) is 12.8 Å². The van der Waals surface area contributed by atoms with Gasteiger partial charge in [-0.3, -0.25) is 0 Å². The molecule has 0 amide bonds. The Morgan fingerprint density at radius 2 is 2.21 bits per heavy atom. The number of benzene rings is 1. The van der Waals surface area contributed by atoms with Gasteiger partial charge in [0.2, 0.25) is 10.0 Å². The van der Waals surface area contributed by atoms with Crippen molar-refractivity contribution in [3.8, 4) is 0 Å². The molecule has 1 fully saturated rings. The Balaban J connectivity index is 2.15. The van der Waals surface area contributed by atoms with Crippen LogP contribution in [0.15, 0.2) is 23.1 Å². The van der Waals surface area contributed by atoms with Gasteiger partial charge in [0.25, 0.3) is 0 Å². The van der Waals surface area contributed by atoms with Gasteiger partial charge in [-0.25, -0.2) is 13.1 Å². The van der Waals surface area contributed by atoms with Crippen LogP contribution < -0.4 is 10.5 Å². The Morgan fingerprint density at radius 3 is 2.79 bits per heavy atom. The third-order valence-corrected chi connectivity index (χ3v) is 5.13. The van der Waals surface area contributed by atoms with Crippen molar-refractivity contribution in [1.82, 2.24) is 4.72 Å². The summed E-state index contributed by atoms with van der Waals surface area (Å²) in [6, 6.07) is 4.64. The van der Waals surface area contributed by atoms with Crippen molar-refractivity contribution in [2.45, 2.75) is 31.2 Å². The fourth-order valence-corrected chi connectivity index (χ4v) is 3.49. The fraction of sp³-hybridized carbons (Fsp3) is 0.538. The van der Waals surface area contributed by atoms with Crippen LogP contribution in [-0.2, 0) is 14.8 Å².